The molecule has 48 heavy (non-hydrogen) atoms. The van der Waals surface area contributed by atoms with E-state index in [-0.39, 0.29) is 30.2 Å². The van der Waals surface area contributed by atoms with Gasteiger partial charge in [-0.3, -0.25) is 4.79 Å². The van der Waals surface area contributed by atoms with Gasteiger partial charge in [-0.2, -0.15) is 0 Å². The molecule has 13 nitrogen and oxygen atoms in total. The van der Waals surface area contributed by atoms with Gasteiger partial charge in [0.1, 0.15) is 18.3 Å². The van der Waals surface area contributed by atoms with Crippen LogP contribution in [-0.2, 0) is 33.2 Å². The zero-order chi connectivity index (χ0) is 36.2. The van der Waals surface area contributed by atoms with Crippen molar-refractivity contribution >= 4 is 11.7 Å². The number of oxime groups is 1. The minimum absolute atomic E-state index is 0.195. The monoisotopic (exact) mass is 686 g/mol. The summed E-state index contributed by atoms with van der Waals surface area (Å²) in [6, 6.07) is -0.216. The van der Waals surface area contributed by atoms with Crippen molar-refractivity contribution < 1.29 is 53.7 Å². The molecule has 0 aliphatic carbocycles. The lowest BCUT2D eigenvalue weighted by atomic mass is 9.78. The lowest BCUT2D eigenvalue weighted by Crippen LogP contribution is -2.57. The number of cyclic esters (lactones) is 1. The van der Waals surface area contributed by atoms with Crippen molar-refractivity contribution in [2.24, 2.45) is 34.7 Å². The Labute approximate surface area is 286 Å². The van der Waals surface area contributed by atoms with Crippen LogP contribution in [0.5, 0.6) is 0 Å². The molecule has 0 aromatic rings. The molecule has 0 spiro atoms. The Hall–Kier alpha value is -1.68. The lowest BCUT2D eigenvalue weighted by Gasteiger charge is -2.46. The van der Waals surface area contributed by atoms with Gasteiger partial charge < -0.3 is 53.8 Å². The number of aliphatic hydroxyl groups excluding tert-OH is 3. The van der Waals surface area contributed by atoms with E-state index >= 15 is 0 Å². The van der Waals surface area contributed by atoms with Gasteiger partial charge >= 0.3 is 5.97 Å². The zero-order valence-electron chi connectivity index (χ0n) is 30.7. The van der Waals surface area contributed by atoms with Gasteiger partial charge in [0.05, 0.1) is 48.3 Å². The molecule has 278 valence electrons. The van der Waals surface area contributed by atoms with Gasteiger partial charge in [0.2, 0.25) is 0 Å². The standard InChI is InChI=1S/C35H62N2O11/c1-16-13-17(2)32(48-35-31(40)25(37(10)11)14-18(3)44-35)21(6)33(47-27-15-26(43-12)30(39)24(9)45-27)22(7)34(41)46-23(8)19(4)29(38)20(5)28(16)36-42/h17-27,29-33,35,38-40,42H,1,13-15H2,2-12H3/t17-,18+,19-,20-,21+,22+,23+,24-,25-,26-,27-,29-,30-,31+,32-,33-,35-/m0/s1. The van der Waals surface area contributed by atoms with Crippen LogP contribution in [0.2, 0.25) is 0 Å². The van der Waals surface area contributed by atoms with Crippen LogP contribution in [0.25, 0.3) is 0 Å². The van der Waals surface area contributed by atoms with E-state index in [0.29, 0.717) is 18.4 Å². The average Bonchev–Trinajstić information content (AvgIpc) is 3.03. The van der Waals surface area contributed by atoms with Crippen LogP contribution in [0, 0.1) is 29.6 Å². The molecule has 17 atom stereocenters. The second-order valence-corrected chi connectivity index (χ2v) is 14.7. The molecule has 3 heterocycles. The van der Waals surface area contributed by atoms with Crippen molar-refractivity contribution in [3.63, 3.8) is 0 Å². The first-order valence-electron chi connectivity index (χ1n) is 17.4. The van der Waals surface area contributed by atoms with Crippen LogP contribution >= 0.6 is 0 Å². The number of hydrogen-bond donors (Lipinski definition) is 4. The Balaban J connectivity index is 2.09. The van der Waals surface area contributed by atoms with E-state index in [0.717, 1.165) is 0 Å². The Morgan fingerprint density at radius 2 is 1.48 bits per heavy atom. The molecule has 0 bridgehead atoms. The molecule has 0 radical (unpaired) electrons. The largest absolute Gasteiger partial charge is 0.462 e. The number of aliphatic hydroxyl groups is 3. The maximum Gasteiger partial charge on any atom is 0.311 e. The number of carbonyl (C=O) groups excluding carboxylic acids is 1. The molecule has 0 aromatic heterocycles. The van der Waals surface area contributed by atoms with E-state index < -0.39 is 91.1 Å². The average molecular weight is 687 g/mol. The summed E-state index contributed by atoms with van der Waals surface area (Å²) in [5, 5.41) is 46.9. The number of methoxy groups -OCH3 is 1. The van der Waals surface area contributed by atoms with Crippen LogP contribution in [0.15, 0.2) is 17.3 Å². The zero-order valence-corrected chi connectivity index (χ0v) is 30.7. The van der Waals surface area contributed by atoms with Gasteiger partial charge in [-0.25, -0.2) is 0 Å². The first kappa shape index (κ1) is 40.7. The van der Waals surface area contributed by atoms with Crippen LogP contribution < -0.4 is 0 Å². The summed E-state index contributed by atoms with van der Waals surface area (Å²) in [7, 11) is 5.32. The lowest BCUT2D eigenvalue weighted by molar-refractivity contribution is -0.298. The van der Waals surface area contributed by atoms with Crippen molar-refractivity contribution in [3.05, 3.63) is 12.2 Å². The highest BCUT2D eigenvalue weighted by Gasteiger charge is 2.47. The number of hydrogen-bond acceptors (Lipinski definition) is 13. The van der Waals surface area contributed by atoms with E-state index in [2.05, 4.69) is 11.7 Å². The highest BCUT2D eigenvalue weighted by atomic mass is 16.7. The molecule has 4 N–H and O–H groups in total. The smallest absolute Gasteiger partial charge is 0.311 e. The molecule has 3 aliphatic heterocycles. The van der Waals surface area contributed by atoms with E-state index in [4.69, 9.17) is 28.4 Å². The Kier molecular flexibility index (Phi) is 14.9. The van der Waals surface area contributed by atoms with E-state index in [1.165, 1.54) is 7.11 Å². The first-order chi connectivity index (χ1) is 22.4. The second-order valence-electron chi connectivity index (χ2n) is 14.7. The SMILES string of the molecule is C=C1C[C@H](C)[C@H](O[C@@H]2O[C@H](C)C[C@H](N(C)C)[C@H]2O)[C@@H](C)[C@H](O[C@H]2C[C@H](OC)[C@@H](O)[C@H](C)O2)[C@@H](C)C(=O)O[C@H](C)[C@H](C)[C@H](O)[C@@H](C)C1=NO. The van der Waals surface area contributed by atoms with Crippen LogP contribution in [0.1, 0.15) is 74.7 Å². The van der Waals surface area contributed by atoms with Crippen molar-refractivity contribution in [1.82, 2.24) is 4.90 Å². The molecule has 0 aromatic carbocycles. The van der Waals surface area contributed by atoms with Gasteiger partial charge in [0, 0.05) is 37.3 Å². The highest BCUT2D eigenvalue weighted by molar-refractivity contribution is 6.01. The number of ether oxygens (including phenoxy) is 6. The predicted molar refractivity (Wildman–Crippen MR) is 178 cm³/mol. The summed E-state index contributed by atoms with van der Waals surface area (Å²) in [6.45, 7) is 18.8. The number of allylic oxidation sites excluding steroid dienone is 1. The van der Waals surface area contributed by atoms with Gasteiger partial charge in [-0.15, -0.1) is 0 Å². The summed E-state index contributed by atoms with van der Waals surface area (Å²) in [6.07, 6.45) is -7.00. The van der Waals surface area contributed by atoms with Gasteiger partial charge in [0.25, 0.3) is 0 Å². The molecule has 3 fully saturated rings. The number of likely N-dealkylation sites (N-methyl/N-ethyl adjacent to an activating group) is 1. The first-order valence-corrected chi connectivity index (χ1v) is 17.4. The summed E-state index contributed by atoms with van der Waals surface area (Å²) in [5.74, 6) is -3.30. The molecule has 13 heteroatoms. The quantitative estimate of drug-likeness (QED) is 0.183. The summed E-state index contributed by atoms with van der Waals surface area (Å²) >= 11 is 0. The fourth-order valence-corrected chi connectivity index (χ4v) is 7.50. The normalized spacial score (nSPS) is 46.7. The van der Waals surface area contributed by atoms with Gasteiger partial charge in [-0.05, 0) is 66.1 Å². The number of rotatable bonds is 6. The maximum atomic E-state index is 13.8. The van der Waals surface area contributed by atoms with E-state index in [1.54, 1.807) is 34.6 Å². The van der Waals surface area contributed by atoms with Crippen LogP contribution in [0.3, 0.4) is 0 Å². The summed E-state index contributed by atoms with van der Waals surface area (Å²) in [5.41, 5.74) is 0.760. The molecule has 3 saturated heterocycles. The third-order valence-electron chi connectivity index (χ3n) is 10.9. The van der Waals surface area contributed by atoms with Crippen LogP contribution in [0.4, 0.5) is 0 Å². The van der Waals surface area contributed by atoms with Crippen LogP contribution in [-0.4, -0.2) is 132 Å². The third kappa shape index (κ3) is 9.35. The molecular weight excluding hydrogens is 624 g/mol. The third-order valence-corrected chi connectivity index (χ3v) is 10.9. The fourth-order valence-electron chi connectivity index (χ4n) is 7.50. The van der Waals surface area contributed by atoms with E-state index in [9.17, 15) is 25.3 Å². The fraction of sp³-hybridized carbons (Fsp3) is 0.886. The topological polar surface area (TPSA) is 169 Å². The second kappa shape index (κ2) is 17.5. The van der Waals surface area contributed by atoms with Crippen molar-refractivity contribution in [2.45, 2.75) is 148 Å². The van der Waals surface area contributed by atoms with Crippen molar-refractivity contribution in [2.75, 3.05) is 21.2 Å². The molecule has 0 unspecified atom stereocenters. The van der Waals surface area contributed by atoms with E-state index in [1.807, 2.05) is 39.8 Å². The minimum Gasteiger partial charge on any atom is -0.462 e. The molecule has 3 aliphatic rings. The molecular formula is C35H62N2O11. The summed E-state index contributed by atoms with van der Waals surface area (Å²) < 4.78 is 37.1. The Morgan fingerprint density at radius 3 is 2.06 bits per heavy atom. The van der Waals surface area contributed by atoms with Gasteiger partial charge in [0.15, 0.2) is 12.6 Å². The number of esters is 1. The van der Waals surface area contributed by atoms with Crippen molar-refractivity contribution in [3.8, 4) is 0 Å². The highest BCUT2D eigenvalue weighted by Crippen LogP contribution is 2.37. The molecule has 3 rings (SSSR count). The summed E-state index contributed by atoms with van der Waals surface area (Å²) in [4.78, 5) is 15.8. The van der Waals surface area contributed by atoms with Crippen molar-refractivity contribution in [1.29, 1.82) is 0 Å². The Bertz CT molecular complexity index is 1090. The minimum atomic E-state index is -1.01. The van der Waals surface area contributed by atoms with Gasteiger partial charge in [-0.1, -0.05) is 39.4 Å². The number of nitrogens with zero attached hydrogens (tertiary/aromatic N) is 2. The Morgan fingerprint density at radius 1 is 0.833 bits per heavy atom. The number of carbonyl (C=O) groups is 1. The molecule has 0 saturated carbocycles. The predicted octanol–water partition coefficient (Wildman–Crippen LogP) is 2.96. The molecule has 0 amide bonds. The maximum absolute atomic E-state index is 13.8.